The number of anilines is 1. The number of rotatable bonds is 4. The molecule has 0 fully saturated rings. The van der Waals surface area contributed by atoms with Gasteiger partial charge in [0.1, 0.15) is 11.6 Å². The van der Waals surface area contributed by atoms with Crippen molar-refractivity contribution in [2.24, 2.45) is 0 Å². The summed E-state index contributed by atoms with van der Waals surface area (Å²) in [5, 5.41) is 11.4. The second kappa shape index (κ2) is 5.50. The molecule has 2 aromatic rings. The van der Waals surface area contributed by atoms with Crippen LogP contribution >= 0.6 is 22.9 Å². The van der Waals surface area contributed by atoms with Gasteiger partial charge in [0.15, 0.2) is 4.47 Å². The summed E-state index contributed by atoms with van der Waals surface area (Å²) in [6.45, 7) is 0.214. The SMILES string of the molecule is O=C(O)c1cc(NCc2cnc(Cl)s2)c(F)cc1F. The summed E-state index contributed by atoms with van der Waals surface area (Å²) in [5.41, 5.74) is -0.686. The van der Waals surface area contributed by atoms with E-state index in [-0.39, 0.29) is 12.2 Å². The molecule has 1 aromatic carbocycles. The Balaban J connectivity index is 2.20. The second-order valence-electron chi connectivity index (χ2n) is 3.55. The standard InChI is InChI=1S/C11H7ClF2N2O2S/c12-11-16-4-5(19-11)3-15-9-1-6(10(17)18)7(13)2-8(9)14/h1-2,4,15H,3H2,(H,17,18). The van der Waals surface area contributed by atoms with Gasteiger partial charge in [0.2, 0.25) is 0 Å². The maximum atomic E-state index is 13.5. The number of hydrogen-bond acceptors (Lipinski definition) is 4. The van der Waals surface area contributed by atoms with Crippen molar-refractivity contribution in [3.05, 3.63) is 44.9 Å². The van der Waals surface area contributed by atoms with Crippen LogP contribution in [0.5, 0.6) is 0 Å². The summed E-state index contributed by atoms with van der Waals surface area (Å²) >= 11 is 6.84. The van der Waals surface area contributed by atoms with Gasteiger partial charge in [-0.05, 0) is 6.07 Å². The van der Waals surface area contributed by atoms with Crippen LogP contribution in [-0.2, 0) is 6.54 Å². The lowest BCUT2D eigenvalue weighted by atomic mass is 10.2. The Bertz CT molecular complexity index is 633. The molecule has 0 aliphatic heterocycles. The van der Waals surface area contributed by atoms with Gasteiger partial charge in [-0.25, -0.2) is 18.6 Å². The number of benzene rings is 1. The number of hydrogen-bond donors (Lipinski definition) is 2. The topological polar surface area (TPSA) is 62.2 Å². The molecule has 2 N–H and O–H groups in total. The largest absolute Gasteiger partial charge is 0.478 e. The molecule has 19 heavy (non-hydrogen) atoms. The summed E-state index contributed by atoms with van der Waals surface area (Å²) in [6.07, 6.45) is 1.51. The van der Waals surface area contributed by atoms with Gasteiger partial charge >= 0.3 is 5.97 Å². The third-order valence-electron chi connectivity index (χ3n) is 2.27. The van der Waals surface area contributed by atoms with Gasteiger partial charge in [0.25, 0.3) is 0 Å². The molecule has 100 valence electrons. The Hall–Kier alpha value is -1.73. The van der Waals surface area contributed by atoms with Gasteiger partial charge in [-0.3, -0.25) is 0 Å². The zero-order chi connectivity index (χ0) is 14.0. The van der Waals surface area contributed by atoms with Gasteiger partial charge in [0, 0.05) is 17.1 Å². The molecule has 4 nitrogen and oxygen atoms in total. The summed E-state index contributed by atoms with van der Waals surface area (Å²) in [6, 6.07) is 1.45. The maximum Gasteiger partial charge on any atom is 0.338 e. The van der Waals surface area contributed by atoms with Crippen LogP contribution in [0.1, 0.15) is 15.2 Å². The van der Waals surface area contributed by atoms with Crippen LogP contribution in [0.2, 0.25) is 4.47 Å². The molecule has 0 bridgehead atoms. The first-order chi connectivity index (χ1) is 8.97. The summed E-state index contributed by atoms with van der Waals surface area (Å²) < 4.78 is 27.0. The first-order valence-corrected chi connectivity index (χ1v) is 6.23. The van der Waals surface area contributed by atoms with E-state index in [0.717, 1.165) is 10.9 Å². The lowest BCUT2D eigenvalue weighted by Crippen LogP contribution is -2.06. The predicted molar refractivity (Wildman–Crippen MR) is 67.8 cm³/mol. The zero-order valence-corrected chi connectivity index (χ0v) is 10.9. The minimum absolute atomic E-state index is 0.0941. The van der Waals surface area contributed by atoms with E-state index in [1.165, 1.54) is 17.5 Å². The van der Waals surface area contributed by atoms with Crippen molar-refractivity contribution in [2.75, 3.05) is 5.32 Å². The van der Waals surface area contributed by atoms with E-state index in [0.29, 0.717) is 10.5 Å². The smallest absolute Gasteiger partial charge is 0.338 e. The minimum atomic E-state index is -1.46. The van der Waals surface area contributed by atoms with Gasteiger partial charge in [-0.1, -0.05) is 11.6 Å². The van der Waals surface area contributed by atoms with Crippen LogP contribution in [0.4, 0.5) is 14.5 Å². The molecule has 0 amide bonds. The highest BCUT2D eigenvalue weighted by Crippen LogP contribution is 2.22. The average molecular weight is 305 g/mol. The number of thiazole rings is 1. The Morgan fingerprint density at radius 2 is 2.16 bits per heavy atom. The second-order valence-corrected chi connectivity index (χ2v) is 5.25. The monoisotopic (exact) mass is 304 g/mol. The summed E-state index contributed by atoms with van der Waals surface area (Å²) in [7, 11) is 0. The lowest BCUT2D eigenvalue weighted by molar-refractivity contribution is 0.0692. The lowest BCUT2D eigenvalue weighted by Gasteiger charge is -2.07. The Kier molecular flexibility index (Phi) is 3.96. The number of carbonyl (C=O) groups is 1. The van der Waals surface area contributed by atoms with Crippen LogP contribution in [0.3, 0.4) is 0 Å². The van der Waals surface area contributed by atoms with Crippen LogP contribution in [0.15, 0.2) is 18.3 Å². The van der Waals surface area contributed by atoms with E-state index >= 15 is 0 Å². The number of aromatic carboxylic acids is 1. The van der Waals surface area contributed by atoms with Crippen LogP contribution in [0, 0.1) is 11.6 Å². The quantitative estimate of drug-likeness (QED) is 0.909. The molecule has 0 saturated heterocycles. The molecule has 0 saturated carbocycles. The van der Waals surface area contributed by atoms with Crippen molar-refractivity contribution in [3.63, 3.8) is 0 Å². The highest BCUT2D eigenvalue weighted by molar-refractivity contribution is 7.15. The van der Waals surface area contributed by atoms with Gasteiger partial charge < -0.3 is 10.4 Å². The third kappa shape index (κ3) is 3.18. The molecule has 0 radical (unpaired) electrons. The van der Waals surface area contributed by atoms with Crippen molar-refractivity contribution in [2.45, 2.75) is 6.54 Å². The molecule has 8 heteroatoms. The van der Waals surface area contributed by atoms with Gasteiger partial charge in [-0.15, -0.1) is 11.3 Å². The molecule has 0 unspecified atom stereocenters. The van der Waals surface area contributed by atoms with Gasteiger partial charge in [0.05, 0.1) is 17.8 Å². The van der Waals surface area contributed by atoms with Crippen molar-refractivity contribution in [1.29, 1.82) is 0 Å². The zero-order valence-electron chi connectivity index (χ0n) is 9.28. The maximum absolute atomic E-state index is 13.5. The van der Waals surface area contributed by atoms with E-state index in [2.05, 4.69) is 10.3 Å². The highest BCUT2D eigenvalue weighted by Gasteiger charge is 2.15. The fourth-order valence-corrected chi connectivity index (χ4v) is 2.31. The fraction of sp³-hybridized carbons (Fsp3) is 0.0909. The molecule has 0 aliphatic carbocycles. The first-order valence-electron chi connectivity index (χ1n) is 5.04. The van der Waals surface area contributed by atoms with E-state index < -0.39 is 23.2 Å². The Morgan fingerprint density at radius 1 is 1.42 bits per heavy atom. The van der Waals surface area contributed by atoms with E-state index in [1.807, 2.05) is 0 Å². The molecule has 1 aromatic heterocycles. The van der Waals surface area contributed by atoms with E-state index in [9.17, 15) is 13.6 Å². The Labute approximate surface area is 115 Å². The molecule has 2 rings (SSSR count). The van der Waals surface area contributed by atoms with E-state index in [1.54, 1.807) is 0 Å². The highest BCUT2D eigenvalue weighted by atomic mass is 35.5. The number of nitrogens with zero attached hydrogens (tertiary/aromatic N) is 1. The van der Waals surface area contributed by atoms with Crippen LogP contribution in [0.25, 0.3) is 0 Å². The summed E-state index contributed by atoms with van der Waals surface area (Å²) in [5.74, 6) is -3.43. The number of nitrogens with one attached hydrogen (secondary N) is 1. The number of carboxylic acid groups (broad SMARTS) is 1. The van der Waals surface area contributed by atoms with Crippen molar-refractivity contribution in [3.8, 4) is 0 Å². The van der Waals surface area contributed by atoms with Crippen molar-refractivity contribution < 1.29 is 18.7 Å². The van der Waals surface area contributed by atoms with Crippen molar-refractivity contribution >= 4 is 34.6 Å². The fourth-order valence-electron chi connectivity index (χ4n) is 1.40. The third-order valence-corrected chi connectivity index (χ3v) is 3.38. The molecule has 0 spiro atoms. The number of aromatic nitrogens is 1. The number of carboxylic acids is 1. The molecular weight excluding hydrogens is 298 g/mol. The minimum Gasteiger partial charge on any atom is -0.478 e. The normalized spacial score (nSPS) is 10.5. The summed E-state index contributed by atoms with van der Waals surface area (Å²) in [4.78, 5) is 15.3. The van der Waals surface area contributed by atoms with Crippen LogP contribution in [-0.4, -0.2) is 16.1 Å². The van der Waals surface area contributed by atoms with Crippen molar-refractivity contribution in [1.82, 2.24) is 4.98 Å². The predicted octanol–water partition coefficient (Wildman–Crippen LogP) is 3.39. The first kappa shape index (κ1) is 13.7. The molecule has 0 atom stereocenters. The average Bonchev–Trinajstić information content (AvgIpc) is 2.73. The number of halogens is 3. The Morgan fingerprint density at radius 3 is 2.74 bits per heavy atom. The van der Waals surface area contributed by atoms with E-state index in [4.69, 9.17) is 16.7 Å². The molecule has 1 heterocycles. The molecule has 0 aliphatic rings. The van der Waals surface area contributed by atoms with Crippen LogP contribution < -0.4 is 5.32 Å². The molecular formula is C11H7ClF2N2O2S. The van der Waals surface area contributed by atoms with Gasteiger partial charge in [-0.2, -0.15) is 0 Å².